The van der Waals surface area contributed by atoms with Gasteiger partial charge in [-0.25, -0.2) is 8.42 Å². The highest BCUT2D eigenvalue weighted by atomic mass is 32.2. The molecule has 1 aromatic carbocycles. The Morgan fingerprint density at radius 1 is 1.33 bits per heavy atom. The van der Waals surface area contributed by atoms with Crippen LogP contribution in [0, 0.1) is 19.8 Å². The number of rotatable bonds is 3. The minimum Gasteiger partial charge on any atom is -0.398 e. The number of carbonyl (C=O) groups excluding carboxylic acids is 1. The van der Waals surface area contributed by atoms with E-state index in [9.17, 15) is 13.2 Å². The quantitative estimate of drug-likeness (QED) is 0.804. The summed E-state index contributed by atoms with van der Waals surface area (Å²) in [6.45, 7) is 4.10. The van der Waals surface area contributed by atoms with Crippen LogP contribution < -0.4 is 11.5 Å². The highest BCUT2D eigenvalue weighted by molar-refractivity contribution is 7.89. The first-order valence-corrected chi connectivity index (χ1v) is 8.34. The molecule has 0 saturated carbocycles. The number of hydrogen-bond donors (Lipinski definition) is 2. The number of piperidine rings is 1. The minimum absolute atomic E-state index is 0.129. The smallest absolute Gasteiger partial charge is 0.245 e. The molecule has 1 aromatic rings. The van der Waals surface area contributed by atoms with Gasteiger partial charge in [0.2, 0.25) is 15.9 Å². The summed E-state index contributed by atoms with van der Waals surface area (Å²) in [6.07, 6.45) is 1.25. The number of nitrogen functional groups attached to an aromatic ring is 1. The van der Waals surface area contributed by atoms with Gasteiger partial charge in [-0.2, -0.15) is 4.31 Å². The van der Waals surface area contributed by atoms with Gasteiger partial charge in [-0.1, -0.05) is 6.07 Å². The largest absolute Gasteiger partial charge is 0.398 e. The number of aryl methyl sites for hydroxylation is 1. The highest BCUT2D eigenvalue weighted by Crippen LogP contribution is 2.30. The fourth-order valence-corrected chi connectivity index (χ4v) is 4.59. The average Bonchev–Trinajstić information content (AvgIpc) is 2.43. The van der Waals surface area contributed by atoms with Gasteiger partial charge in [-0.05, 0) is 43.9 Å². The molecule has 1 aliphatic heterocycles. The van der Waals surface area contributed by atoms with Gasteiger partial charge in [0.1, 0.15) is 4.90 Å². The van der Waals surface area contributed by atoms with Crippen LogP contribution in [0.25, 0.3) is 0 Å². The number of nitrogens with zero attached hydrogens (tertiary/aromatic N) is 1. The van der Waals surface area contributed by atoms with Crippen molar-refractivity contribution in [3.63, 3.8) is 0 Å². The monoisotopic (exact) mass is 311 g/mol. The lowest BCUT2D eigenvalue weighted by atomic mass is 9.99. The van der Waals surface area contributed by atoms with Gasteiger partial charge in [0.05, 0.1) is 11.6 Å². The number of hydrogen-bond acceptors (Lipinski definition) is 4. The van der Waals surface area contributed by atoms with Crippen molar-refractivity contribution in [1.82, 2.24) is 4.31 Å². The summed E-state index contributed by atoms with van der Waals surface area (Å²) in [6, 6.07) is 3.40. The van der Waals surface area contributed by atoms with Crippen molar-refractivity contribution in [1.29, 1.82) is 0 Å². The molecule has 1 fully saturated rings. The zero-order valence-corrected chi connectivity index (χ0v) is 13.1. The van der Waals surface area contributed by atoms with Gasteiger partial charge in [0, 0.05) is 13.1 Å². The summed E-state index contributed by atoms with van der Waals surface area (Å²) in [5.74, 6) is -0.885. The van der Waals surface area contributed by atoms with Crippen LogP contribution in [0.2, 0.25) is 0 Å². The van der Waals surface area contributed by atoms with Crippen molar-refractivity contribution in [3.05, 3.63) is 23.3 Å². The molecular formula is C14H21N3O3S. The highest BCUT2D eigenvalue weighted by Gasteiger charge is 2.34. The standard InChI is InChI=1S/C14H21N3O3S/c1-9-5-6-12(15)13(10(9)2)21(19,20)17-7-3-4-11(8-17)14(16)18/h5-6,11H,3-4,7-8,15H2,1-2H3,(H2,16,18). The predicted octanol–water partition coefficient (Wildman–Crippen LogP) is 0.772. The maximum absolute atomic E-state index is 12.8. The molecule has 4 N–H and O–H groups in total. The first-order valence-electron chi connectivity index (χ1n) is 6.90. The molecule has 1 saturated heterocycles. The second kappa shape index (κ2) is 5.65. The van der Waals surface area contributed by atoms with E-state index in [2.05, 4.69) is 0 Å². The predicted molar refractivity (Wildman–Crippen MR) is 81.0 cm³/mol. The lowest BCUT2D eigenvalue weighted by Crippen LogP contribution is -2.44. The Balaban J connectivity index is 2.43. The Morgan fingerprint density at radius 3 is 2.62 bits per heavy atom. The van der Waals surface area contributed by atoms with Crippen molar-refractivity contribution < 1.29 is 13.2 Å². The Kier molecular flexibility index (Phi) is 4.25. The summed E-state index contributed by atoms with van der Waals surface area (Å²) in [5, 5.41) is 0. The van der Waals surface area contributed by atoms with Gasteiger partial charge in [0.15, 0.2) is 0 Å². The first kappa shape index (κ1) is 15.8. The van der Waals surface area contributed by atoms with Crippen molar-refractivity contribution in [2.24, 2.45) is 11.7 Å². The molecule has 116 valence electrons. The van der Waals surface area contributed by atoms with Gasteiger partial charge in [-0.15, -0.1) is 0 Å². The van der Waals surface area contributed by atoms with Crippen LogP contribution in [0.3, 0.4) is 0 Å². The number of nitrogens with two attached hydrogens (primary N) is 2. The second-order valence-electron chi connectivity index (χ2n) is 5.53. The third-order valence-electron chi connectivity index (χ3n) is 4.09. The Bertz CT molecular complexity index is 670. The van der Waals surface area contributed by atoms with Crippen LogP contribution >= 0.6 is 0 Å². The lowest BCUT2D eigenvalue weighted by Gasteiger charge is -2.31. The number of carbonyl (C=O) groups is 1. The normalized spacial score (nSPS) is 20.4. The molecule has 0 bridgehead atoms. The summed E-state index contributed by atoms with van der Waals surface area (Å²) in [5.41, 5.74) is 12.9. The third-order valence-corrected chi connectivity index (χ3v) is 6.16. The molecule has 1 amide bonds. The molecule has 1 heterocycles. The Morgan fingerprint density at radius 2 is 2.00 bits per heavy atom. The van der Waals surface area contributed by atoms with E-state index in [1.54, 1.807) is 19.1 Å². The zero-order chi connectivity index (χ0) is 15.8. The Labute approximate surface area is 125 Å². The molecule has 1 aliphatic rings. The third kappa shape index (κ3) is 2.89. The van der Waals surface area contributed by atoms with E-state index in [-0.39, 0.29) is 17.1 Å². The van der Waals surface area contributed by atoms with Crippen LogP contribution in [-0.4, -0.2) is 31.7 Å². The maximum Gasteiger partial charge on any atom is 0.245 e. The minimum atomic E-state index is -3.71. The summed E-state index contributed by atoms with van der Waals surface area (Å²) in [4.78, 5) is 11.5. The van der Waals surface area contributed by atoms with E-state index in [0.29, 0.717) is 24.9 Å². The molecule has 1 atom stereocenters. The number of sulfonamides is 1. The summed E-state index contributed by atoms with van der Waals surface area (Å²) >= 11 is 0. The zero-order valence-electron chi connectivity index (χ0n) is 12.3. The fraction of sp³-hybridized carbons (Fsp3) is 0.500. The van der Waals surface area contributed by atoms with E-state index in [1.165, 1.54) is 4.31 Å². The maximum atomic E-state index is 12.8. The molecule has 0 spiro atoms. The molecule has 1 unspecified atom stereocenters. The average molecular weight is 311 g/mol. The van der Waals surface area contributed by atoms with E-state index >= 15 is 0 Å². The lowest BCUT2D eigenvalue weighted by molar-refractivity contribution is -0.122. The number of amides is 1. The molecular weight excluding hydrogens is 290 g/mol. The van der Waals surface area contributed by atoms with E-state index < -0.39 is 21.8 Å². The molecule has 0 radical (unpaired) electrons. The van der Waals surface area contributed by atoms with Crippen molar-refractivity contribution >= 4 is 21.6 Å². The molecule has 2 rings (SSSR count). The van der Waals surface area contributed by atoms with E-state index in [1.807, 2.05) is 6.92 Å². The Hall–Kier alpha value is -1.60. The SMILES string of the molecule is Cc1ccc(N)c(S(=O)(=O)N2CCCC(C(N)=O)C2)c1C. The van der Waals surface area contributed by atoms with Crippen LogP contribution in [-0.2, 0) is 14.8 Å². The summed E-state index contributed by atoms with van der Waals surface area (Å²) < 4.78 is 27.0. The molecule has 6 nitrogen and oxygen atoms in total. The van der Waals surface area contributed by atoms with Gasteiger partial charge in [0.25, 0.3) is 0 Å². The van der Waals surface area contributed by atoms with Gasteiger partial charge >= 0.3 is 0 Å². The van der Waals surface area contributed by atoms with Gasteiger partial charge < -0.3 is 11.5 Å². The first-order chi connectivity index (χ1) is 9.75. The molecule has 21 heavy (non-hydrogen) atoms. The van der Waals surface area contributed by atoms with Crippen molar-refractivity contribution in [3.8, 4) is 0 Å². The van der Waals surface area contributed by atoms with E-state index in [0.717, 1.165) is 5.56 Å². The van der Waals surface area contributed by atoms with Crippen LogP contribution in [0.15, 0.2) is 17.0 Å². The van der Waals surface area contributed by atoms with Gasteiger partial charge in [-0.3, -0.25) is 4.79 Å². The topological polar surface area (TPSA) is 106 Å². The van der Waals surface area contributed by atoms with Crippen LogP contribution in [0.1, 0.15) is 24.0 Å². The van der Waals surface area contributed by atoms with Crippen LogP contribution in [0.5, 0.6) is 0 Å². The van der Waals surface area contributed by atoms with Crippen molar-refractivity contribution in [2.45, 2.75) is 31.6 Å². The van der Waals surface area contributed by atoms with Crippen LogP contribution in [0.4, 0.5) is 5.69 Å². The number of primary amides is 1. The van der Waals surface area contributed by atoms with Crippen molar-refractivity contribution in [2.75, 3.05) is 18.8 Å². The number of benzene rings is 1. The molecule has 0 aromatic heterocycles. The second-order valence-corrected chi connectivity index (χ2v) is 7.41. The number of anilines is 1. The van der Waals surface area contributed by atoms with E-state index in [4.69, 9.17) is 11.5 Å². The molecule has 0 aliphatic carbocycles. The summed E-state index contributed by atoms with van der Waals surface area (Å²) in [7, 11) is -3.71. The molecule has 7 heteroatoms. The fourth-order valence-electron chi connectivity index (χ4n) is 2.68.